The minimum absolute atomic E-state index is 0.537. The van der Waals surface area contributed by atoms with E-state index in [1.54, 1.807) is 7.11 Å². The van der Waals surface area contributed by atoms with Gasteiger partial charge in [-0.1, -0.05) is 40.2 Å². The highest BCUT2D eigenvalue weighted by Crippen LogP contribution is 2.25. The van der Waals surface area contributed by atoms with Gasteiger partial charge in [-0.2, -0.15) is 0 Å². The van der Waals surface area contributed by atoms with Crippen LogP contribution in [-0.4, -0.2) is 7.11 Å². The number of rotatable bonds is 4. The fourth-order valence-corrected chi connectivity index (χ4v) is 2.12. The molecule has 2 aromatic carbocycles. The van der Waals surface area contributed by atoms with Gasteiger partial charge in [-0.3, -0.25) is 0 Å². The van der Waals surface area contributed by atoms with Gasteiger partial charge in [-0.15, -0.1) is 0 Å². The van der Waals surface area contributed by atoms with Crippen LogP contribution >= 0.6 is 15.9 Å². The van der Waals surface area contributed by atoms with Crippen LogP contribution < -0.4 is 9.47 Å². The van der Waals surface area contributed by atoms with Crippen LogP contribution in [0.1, 0.15) is 11.1 Å². The summed E-state index contributed by atoms with van der Waals surface area (Å²) in [6.45, 7) is 2.58. The summed E-state index contributed by atoms with van der Waals surface area (Å²) in [6.07, 6.45) is 0. The van der Waals surface area contributed by atoms with Gasteiger partial charge in [0.15, 0.2) is 0 Å². The van der Waals surface area contributed by atoms with Gasteiger partial charge in [0.2, 0.25) is 0 Å². The van der Waals surface area contributed by atoms with Crippen molar-refractivity contribution < 1.29 is 9.47 Å². The van der Waals surface area contributed by atoms with E-state index in [4.69, 9.17) is 9.47 Å². The Morgan fingerprint density at radius 1 is 1.11 bits per heavy atom. The number of halogens is 1. The molecule has 0 bridgehead atoms. The predicted octanol–water partition coefficient (Wildman–Crippen LogP) is 4.35. The largest absolute Gasteiger partial charge is 0.497 e. The molecule has 94 valence electrons. The highest BCUT2D eigenvalue weighted by Gasteiger charge is 2.04. The molecule has 2 nitrogen and oxygen atoms in total. The van der Waals surface area contributed by atoms with E-state index in [-0.39, 0.29) is 0 Å². The molecule has 0 aliphatic heterocycles. The summed E-state index contributed by atoms with van der Waals surface area (Å²) in [5.74, 6) is 1.75. The summed E-state index contributed by atoms with van der Waals surface area (Å²) >= 11 is 3.52. The first kappa shape index (κ1) is 13.0. The third-order valence-electron chi connectivity index (χ3n) is 2.74. The van der Waals surface area contributed by atoms with E-state index in [9.17, 15) is 0 Å². The van der Waals surface area contributed by atoms with Gasteiger partial charge in [0.1, 0.15) is 18.1 Å². The number of para-hydroxylation sites is 1. The van der Waals surface area contributed by atoms with E-state index in [1.165, 1.54) is 0 Å². The molecule has 0 saturated heterocycles. The summed E-state index contributed by atoms with van der Waals surface area (Å²) in [5, 5.41) is 0. The normalized spacial score (nSPS) is 10.2. The Labute approximate surface area is 116 Å². The Balaban J connectivity index is 2.09. The molecule has 0 saturated carbocycles. The molecular weight excluding hydrogens is 292 g/mol. The molecule has 0 radical (unpaired) electrons. The van der Waals surface area contributed by atoms with Crippen molar-refractivity contribution >= 4 is 15.9 Å². The topological polar surface area (TPSA) is 18.5 Å². The third kappa shape index (κ3) is 3.05. The van der Waals surface area contributed by atoms with E-state index in [1.807, 2.05) is 49.4 Å². The smallest absolute Gasteiger partial charge is 0.122 e. The minimum Gasteiger partial charge on any atom is -0.497 e. The maximum atomic E-state index is 5.81. The second kappa shape index (κ2) is 5.91. The Morgan fingerprint density at radius 2 is 1.89 bits per heavy atom. The van der Waals surface area contributed by atoms with E-state index >= 15 is 0 Å². The number of benzene rings is 2. The molecule has 0 aliphatic rings. The van der Waals surface area contributed by atoms with Gasteiger partial charge in [-0.05, 0) is 30.7 Å². The highest BCUT2D eigenvalue weighted by molar-refractivity contribution is 9.10. The van der Waals surface area contributed by atoms with Gasteiger partial charge in [-0.25, -0.2) is 0 Å². The number of ether oxygens (including phenoxy) is 2. The van der Waals surface area contributed by atoms with Crippen LogP contribution in [-0.2, 0) is 6.61 Å². The molecule has 0 amide bonds. The van der Waals surface area contributed by atoms with Crippen LogP contribution in [0.4, 0.5) is 0 Å². The van der Waals surface area contributed by atoms with Gasteiger partial charge in [0, 0.05) is 10.0 Å². The third-order valence-corrected chi connectivity index (χ3v) is 3.48. The lowest BCUT2D eigenvalue weighted by molar-refractivity contribution is 0.303. The van der Waals surface area contributed by atoms with Gasteiger partial charge >= 0.3 is 0 Å². The van der Waals surface area contributed by atoms with Crippen LogP contribution in [0.25, 0.3) is 0 Å². The number of aryl methyl sites for hydroxylation is 1. The average molecular weight is 307 g/mol. The van der Waals surface area contributed by atoms with Crippen LogP contribution in [0, 0.1) is 6.92 Å². The fourth-order valence-electron chi connectivity index (χ4n) is 1.65. The van der Waals surface area contributed by atoms with Crippen LogP contribution in [0.2, 0.25) is 0 Å². The molecule has 0 spiro atoms. The van der Waals surface area contributed by atoms with Gasteiger partial charge < -0.3 is 9.47 Å². The van der Waals surface area contributed by atoms with Crippen molar-refractivity contribution in [2.45, 2.75) is 13.5 Å². The first-order chi connectivity index (χ1) is 8.70. The minimum atomic E-state index is 0.537. The number of hydrogen-bond acceptors (Lipinski definition) is 2. The Kier molecular flexibility index (Phi) is 4.26. The molecule has 0 aliphatic carbocycles. The standard InChI is InChI=1S/C15H15BrO2/c1-11-5-3-4-6-15(11)18-10-12-7-8-13(17-2)9-14(12)16/h3-9H,10H2,1-2H3. The summed E-state index contributed by atoms with van der Waals surface area (Å²) in [7, 11) is 1.66. The Morgan fingerprint density at radius 3 is 2.56 bits per heavy atom. The van der Waals surface area contributed by atoms with E-state index in [0.717, 1.165) is 27.1 Å². The van der Waals surface area contributed by atoms with Crippen molar-refractivity contribution in [3.8, 4) is 11.5 Å². The summed E-state index contributed by atoms with van der Waals surface area (Å²) in [5.41, 5.74) is 2.24. The SMILES string of the molecule is COc1ccc(COc2ccccc2C)c(Br)c1. The lowest BCUT2D eigenvalue weighted by Crippen LogP contribution is -1.98. The summed E-state index contributed by atoms with van der Waals surface area (Å²) < 4.78 is 12.0. The second-order valence-corrected chi connectivity index (χ2v) is 4.87. The Hall–Kier alpha value is -1.48. The first-order valence-electron chi connectivity index (χ1n) is 5.71. The molecule has 0 heterocycles. The fraction of sp³-hybridized carbons (Fsp3) is 0.200. The van der Waals surface area contributed by atoms with Crippen molar-refractivity contribution in [1.29, 1.82) is 0 Å². The zero-order chi connectivity index (χ0) is 13.0. The second-order valence-electron chi connectivity index (χ2n) is 4.01. The van der Waals surface area contributed by atoms with E-state index in [2.05, 4.69) is 15.9 Å². The molecule has 0 N–H and O–H groups in total. The molecule has 2 rings (SSSR count). The highest BCUT2D eigenvalue weighted by atomic mass is 79.9. The maximum absolute atomic E-state index is 5.81. The number of methoxy groups -OCH3 is 1. The van der Waals surface area contributed by atoms with Crippen LogP contribution in [0.5, 0.6) is 11.5 Å². The van der Waals surface area contributed by atoms with Crippen LogP contribution in [0.15, 0.2) is 46.9 Å². The zero-order valence-electron chi connectivity index (χ0n) is 10.4. The molecule has 0 unspecified atom stereocenters. The predicted molar refractivity (Wildman–Crippen MR) is 76.2 cm³/mol. The van der Waals surface area contributed by atoms with Crippen LogP contribution in [0.3, 0.4) is 0 Å². The Bertz CT molecular complexity index is 538. The average Bonchev–Trinajstić information content (AvgIpc) is 2.39. The van der Waals surface area contributed by atoms with Crippen molar-refractivity contribution in [2.24, 2.45) is 0 Å². The quantitative estimate of drug-likeness (QED) is 0.836. The molecule has 3 heteroatoms. The van der Waals surface area contributed by atoms with Crippen molar-refractivity contribution in [2.75, 3.05) is 7.11 Å². The lowest BCUT2D eigenvalue weighted by atomic mass is 10.2. The summed E-state index contributed by atoms with van der Waals surface area (Å²) in [6, 6.07) is 13.9. The molecule has 0 atom stereocenters. The molecule has 0 aromatic heterocycles. The first-order valence-corrected chi connectivity index (χ1v) is 6.51. The van der Waals surface area contributed by atoms with E-state index in [0.29, 0.717) is 6.61 Å². The maximum Gasteiger partial charge on any atom is 0.122 e. The monoisotopic (exact) mass is 306 g/mol. The molecule has 18 heavy (non-hydrogen) atoms. The molecule has 2 aromatic rings. The van der Waals surface area contributed by atoms with Crippen molar-refractivity contribution in [3.63, 3.8) is 0 Å². The molecular formula is C15H15BrO2. The van der Waals surface area contributed by atoms with Gasteiger partial charge in [0.25, 0.3) is 0 Å². The summed E-state index contributed by atoms with van der Waals surface area (Å²) in [4.78, 5) is 0. The van der Waals surface area contributed by atoms with Gasteiger partial charge in [0.05, 0.1) is 7.11 Å². The van der Waals surface area contributed by atoms with Crippen molar-refractivity contribution in [1.82, 2.24) is 0 Å². The van der Waals surface area contributed by atoms with E-state index < -0.39 is 0 Å². The van der Waals surface area contributed by atoms with Crippen molar-refractivity contribution in [3.05, 3.63) is 58.1 Å². The molecule has 0 fully saturated rings. The zero-order valence-corrected chi connectivity index (χ0v) is 12.0. The number of hydrogen-bond donors (Lipinski definition) is 0. The lowest BCUT2D eigenvalue weighted by Gasteiger charge is -2.10.